The number of carbonyl (C=O) groups excluding carboxylic acids is 1. The Bertz CT molecular complexity index is 1040. The molecule has 4 rings (SSSR count). The van der Waals surface area contributed by atoms with Gasteiger partial charge in [-0.25, -0.2) is 13.4 Å². The summed E-state index contributed by atoms with van der Waals surface area (Å²) in [7, 11) is -0.123. The van der Waals surface area contributed by atoms with Gasteiger partial charge in [-0.05, 0) is 31.9 Å². The molecule has 168 valence electrons. The van der Waals surface area contributed by atoms with Gasteiger partial charge in [-0.1, -0.05) is 12.1 Å². The molecule has 0 saturated carbocycles. The van der Waals surface area contributed by atoms with E-state index in [2.05, 4.69) is 4.98 Å². The lowest BCUT2D eigenvalue weighted by Crippen LogP contribution is -2.47. The van der Waals surface area contributed by atoms with E-state index < -0.39 is 10.0 Å². The third-order valence-corrected chi connectivity index (χ3v) is 7.69. The van der Waals surface area contributed by atoms with E-state index in [1.165, 1.54) is 10.5 Å². The molecule has 2 aliphatic heterocycles. The normalized spacial score (nSPS) is 19.9. The fraction of sp³-hybridized carbons (Fsp3) is 0.524. The van der Waals surface area contributed by atoms with Crippen molar-refractivity contribution in [3.8, 4) is 11.5 Å². The largest absolute Gasteiger partial charge is 0.486 e. The Morgan fingerprint density at radius 2 is 1.90 bits per heavy atom. The van der Waals surface area contributed by atoms with E-state index in [9.17, 15) is 13.2 Å². The smallest absolute Gasteiger partial charge is 0.262 e. The summed E-state index contributed by atoms with van der Waals surface area (Å²) in [6, 6.07) is 7.48. The van der Waals surface area contributed by atoms with E-state index >= 15 is 0 Å². The average molecular weight is 449 g/mol. The molecule has 0 radical (unpaired) electrons. The van der Waals surface area contributed by atoms with Crippen molar-refractivity contribution in [1.82, 2.24) is 18.8 Å². The lowest BCUT2D eigenvalue weighted by Gasteiger charge is -2.34. The summed E-state index contributed by atoms with van der Waals surface area (Å²) in [4.78, 5) is 18.8. The number of imidazole rings is 1. The summed E-state index contributed by atoms with van der Waals surface area (Å²) >= 11 is 0. The second kappa shape index (κ2) is 8.51. The number of benzene rings is 1. The predicted molar refractivity (Wildman–Crippen MR) is 113 cm³/mol. The molecule has 3 heterocycles. The number of hydrogen-bond acceptors (Lipinski definition) is 6. The van der Waals surface area contributed by atoms with E-state index in [-0.39, 0.29) is 23.0 Å². The Balaban J connectivity index is 1.32. The summed E-state index contributed by atoms with van der Waals surface area (Å²) < 4.78 is 40.5. The molecule has 0 aliphatic carbocycles. The first-order valence-corrected chi connectivity index (χ1v) is 11.8. The second-order valence-corrected chi connectivity index (χ2v) is 10.0. The molecule has 9 nitrogen and oxygen atoms in total. The molecule has 1 amide bonds. The van der Waals surface area contributed by atoms with Crippen molar-refractivity contribution in [2.24, 2.45) is 13.0 Å². The van der Waals surface area contributed by atoms with E-state index in [0.29, 0.717) is 56.4 Å². The van der Waals surface area contributed by atoms with Crippen LogP contribution in [0.5, 0.6) is 11.5 Å². The van der Waals surface area contributed by atoms with E-state index in [1.807, 2.05) is 24.3 Å². The van der Waals surface area contributed by atoms with Gasteiger partial charge in [-0.3, -0.25) is 4.79 Å². The van der Waals surface area contributed by atoms with Crippen LogP contribution in [0.3, 0.4) is 0 Å². The number of hydrogen-bond donors (Lipinski definition) is 0. The molecule has 10 heteroatoms. The van der Waals surface area contributed by atoms with Crippen molar-refractivity contribution >= 4 is 15.9 Å². The maximum Gasteiger partial charge on any atom is 0.262 e. The van der Waals surface area contributed by atoms with Gasteiger partial charge in [-0.15, -0.1) is 0 Å². The standard InChI is InChI=1S/C21H28N4O5S/c1-15-22-20(13-23(15)2)31(27,28)25-10-8-16(9-11-25)21(26)24(3)12-17-14-29-18-6-4-5-7-19(18)30-17/h4-7,13,16-17H,8-12,14H2,1-3H3. The maximum atomic E-state index is 12.9. The summed E-state index contributed by atoms with van der Waals surface area (Å²) in [5.74, 6) is 1.83. The monoisotopic (exact) mass is 448 g/mol. The van der Waals surface area contributed by atoms with Crippen LogP contribution < -0.4 is 9.47 Å². The lowest BCUT2D eigenvalue weighted by molar-refractivity contribution is -0.136. The molecule has 1 aromatic carbocycles. The van der Waals surface area contributed by atoms with Crippen LogP contribution in [0.15, 0.2) is 35.5 Å². The van der Waals surface area contributed by atoms with E-state index in [1.54, 1.807) is 30.5 Å². The minimum absolute atomic E-state index is 0.00758. The van der Waals surface area contributed by atoms with Crippen molar-refractivity contribution in [2.45, 2.75) is 30.9 Å². The highest BCUT2D eigenvalue weighted by atomic mass is 32.2. The first kappa shape index (κ1) is 21.6. The Hall–Kier alpha value is -2.59. The van der Waals surface area contributed by atoms with Gasteiger partial charge >= 0.3 is 0 Å². The Labute approximate surface area is 182 Å². The minimum atomic E-state index is -3.64. The first-order valence-electron chi connectivity index (χ1n) is 10.4. The number of aromatic nitrogens is 2. The van der Waals surface area contributed by atoms with Crippen LogP contribution >= 0.6 is 0 Å². The Morgan fingerprint density at radius 3 is 2.55 bits per heavy atom. The van der Waals surface area contributed by atoms with Gasteiger partial charge in [0.05, 0.1) is 6.54 Å². The third kappa shape index (κ3) is 4.40. The summed E-state index contributed by atoms with van der Waals surface area (Å²) in [6.07, 6.45) is 2.26. The number of piperidine rings is 1. The van der Waals surface area contributed by atoms with Gasteiger partial charge in [0.1, 0.15) is 12.4 Å². The Kier molecular flexibility index (Phi) is 5.94. The minimum Gasteiger partial charge on any atom is -0.486 e. The fourth-order valence-electron chi connectivity index (χ4n) is 3.99. The van der Waals surface area contributed by atoms with E-state index in [4.69, 9.17) is 9.47 Å². The molecular weight excluding hydrogens is 420 g/mol. The zero-order valence-electron chi connectivity index (χ0n) is 18.0. The molecule has 1 unspecified atom stereocenters. The zero-order chi connectivity index (χ0) is 22.2. The van der Waals surface area contributed by atoms with Crippen molar-refractivity contribution in [3.05, 3.63) is 36.3 Å². The average Bonchev–Trinajstić information content (AvgIpc) is 3.12. The van der Waals surface area contributed by atoms with Crippen molar-refractivity contribution < 1.29 is 22.7 Å². The summed E-state index contributed by atoms with van der Waals surface area (Å²) in [6.45, 7) is 3.17. The molecular formula is C21H28N4O5S. The zero-order valence-corrected chi connectivity index (χ0v) is 18.8. The molecule has 0 bridgehead atoms. The number of sulfonamides is 1. The van der Waals surface area contributed by atoms with Crippen LogP contribution in [0, 0.1) is 12.8 Å². The predicted octanol–water partition coefficient (Wildman–Crippen LogP) is 1.43. The van der Waals surface area contributed by atoms with Crippen molar-refractivity contribution in [1.29, 1.82) is 0 Å². The number of carbonyl (C=O) groups is 1. The van der Waals surface area contributed by atoms with Crippen LogP contribution in [0.2, 0.25) is 0 Å². The molecule has 0 spiro atoms. The van der Waals surface area contributed by atoms with Crippen LogP contribution in [0.1, 0.15) is 18.7 Å². The molecule has 1 atom stereocenters. The maximum absolute atomic E-state index is 12.9. The number of rotatable bonds is 5. The molecule has 0 N–H and O–H groups in total. The molecule has 2 aromatic rings. The lowest BCUT2D eigenvalue weighted by atomic mass is 9.96. The number of para-hydroxylation sites is 2. The van der Waals surface area contributed by atoms with Gasteiger partial charge in [-0.2, -0.15) is 4.31 Å². The van der Waals surface area contributed by atoms with Crippen LogP contribution in [0.4, 0.5) is 0 Å². The van der Waals surface area contributed by atoms with Gasteiger partial charge in [0.2, 0.25) is 5.91 Å². The number of likely N-dealkylation sites (N-methyl/N-ethyl adjacent to an activating group) is 1. The fourth-order valence-corrected chi connectivity index (χ4v) is 5.48. The highest BCUT2D eigenvalue weighted by molar-refractivity contribution is 7.89. The highest BCUT2D eigenvalue weighted by Crippen LogP contribution is 2.31. The SMILES string of the molecule is Cc1nc(S(=O)(=O)N2CCC(C(=O)N(C)CC3COc4ccccc4O3)CC2)cn1C. The number of ether oxygens (including phenoxy) is 2. The van der Waals surface area contributed by atoms with E-state index in [0.717, 1.165) is 0 Å². The summed E-state index contributed by atoms with van der Waals surface area (Å²) in [5, 5.41) is 0.0594. The van der Waals surface area contributed by atoms with Gasteiger partial charge < -0.3 is 18.9 Å². The summed E-state index contributed by atoms with van der Waals surface area (Å²) in [5.41, 5.74) is 0. The number of amides is 1. The molecule has 1 aromatic heterocycles. The highest BCUT2D eigenvalue weighted by Gasteiger charge is 2.35. The number of nitrogens with zero attached hydrogens (tertiary/aromatic N) is 4. The second-order valence-electron chi connectivity index (χ2n) is 8.13. The van der Waals surface area contributed by atoms with Crippen LogP contribution in [0.25, 0.3) is 0 Å². The molecule has 31 heavy (non-hydrogen) atoms. The number of aryl methyl sites for hydroxylation is 2. The van der Waals surface area contributed by atoms with Crippen LogP contribution in [-0.2, 0) is 21.9 Å². The van der Waals surface area contributed by atoms with Crippen molar-refractivity contribution in [3.63, 3.8) is 0 Å². The first-order chi connectivity index (χ1) is 14.8. The van der Waals surface area contributed by atoms with Crippen molar-refractivity contribution in [2.75, 3.05) is 33.3 Å². The molecule has 1 fully saturated rings. The van der Waals surface area contributed by atoms with Gasteiger partial charge in [0.25, 0.3) is 10.0 Å². The Morgan fingerprint density at radius 1 is 1.23 bits per heavy atom. The van der Waals surface area contributed by atoms with Gasteiger partial charge in [0, 0.05) is 39.3 Å². The topological polar surface area (TPSA) is 94.0 Å². The molecule has 1 saturated heterocycles. The number of fused-ring (bicyclic) bond motifs is 1. The molecule has 2 aliphatic rings. The third-order valence-electron chi connectivity index (χ3n) is 5.92. The van der Waals surface area contributed by atoms with Gasteiger partial charge in [0.15, 0.2) is 22.6 Å². The quantitative estimate of drug-likeness (QED) is 0.687. The van der Waals surface area contributed by atoms with Crippen LogP contribution in [-0.4, -0.2) is 72.5 Å².